The van der Waals surface area contributed by atoms with Gasteiger partial charge in [-0.1, -0.05) is 17.7 Å². The van der Waals surface area contributed by atoms with E-state index in [1.807, 2.05) is 18.2 Å². The van der Waals surface area contributed by atoms with E-state index in [0.717, 1.165) is 5.69 Å². The van der Waals surface area contributed by atoms with Crippen molar-refractivity contribution in [1.29, 1.82) is 0 Å². The molecule has 7 nitrogen and oxygen atoms in total. The molecule has 2 amide bonds. The highest BCUT2D eigenvalue weighted by Crippen LogP contribution is 2.28. The Hall–Kier alpha value is -2.22. The zero-order valence-corrected chi connectivity index (χ0v) is 17.9. The molecule has 28 heavy (non-hydrogen) atoms. The van der Waals surface area contributed by atoms with Crippen molar-refractivity contribution in [1.82, 2.24) is 15.2 Å². The molecule has 0 bridgehead atoms. The molecule has 0 radical (unpaired) electrons. The van der Waals surface area contributed by atoms with Crippen LogP contribution in [0.2, 0.25) is 5.02 Å². The van der Waals surface area contributed by atoms with Crippen LogP contribution in [-0.4, -0.2) is 48.9 Å². The van der Waals surface area contributed by atoms with Crippen molar-refractivity contribution in [2.24, 2.45) is 0 Å². The van der Waals surface area contributed by atoms with Gasteiger partial charge in [0.1, 0.15) is 5.75 Å². The van der Waals surface area contributed by atoms with E-state index in [2.05, 4.69) is 10.3 Å². The molecule has 10 heteroatoms. The highest BCUT2D eigenvalue weighted by atomic mass is 35.5. The summed E-state index contributed by atoms with van der Waals surface area (Å²) >= 11 is 5.96. The van der Waals surface area contributed by atoms with Gasteiger partial charge < -0.3 is 20.7 Å². The summed E-state index contributed by atoms with van der Waals surface area (Å²) < 4.78 is 5.14. The summed E-state index contributed by atoms with van der Waals surface area (Å²) in [6.07, 6.45) is 2.35. The van der Waals surface area contributed by atoms with Crippen molar-refractivity contribution >= 4 is 53.9 Å². The first kappa shape index (κ1) is 25.8. The van der Waals surface area contributed by atoms with Crippen LogP contribution in [0.5, 0.6) is 5.75 Å². The van der Waals surface area contributed by atoms with Crippen molar-refractivity contribution in [3.8, 4) is 5.75 Å². The van der Waals surface area contributed by atoms with Crippen molar-refractivity contribution in [3.63, 3.8) is 0 Å². The van der Waals surface area contributed by atoms with Gasteiger partial charge in [0.2, 0.25) is 5.91 Å². The average molecular weight is 450 g/mol. The van der Waals surface area contributed by atoms with E-state index in [1.54, 1.807) is 18.1 Å². The van der Waals surface area contributed by atoms with Gasteiger partial charge in [0.05, 0.1) is 29.9 Å². The van der Waals surface area contributed by atoms with Gasteiger partial charge >= 0.3 is 0 Å². The Balaban J connectivity index is 0.00000364. The Bertz CT molecular complexity index is 791. The van der Waals surface area contributed by atoms with Gasteiger partial charge in [-0.2, -0.15) is 0 Å². The highest BCUT2D eigenvalue weighted by molar-refractivity contribution is 6.33. The van der Waals surface area contributed by atoms with Crippen molar-refractivity contribution in [2.45, 2.75) is 6.42 Å². The molecule has 1 aromatic carbocycles. The lowest BCUT2D eigenvalue weighted by molar-refractivity contribution is -0.128. The Morgan fingerprint density at radius 2 is 2.00 bits per heavy atom. The fourth-order valence-corrected chi connectivity index (χ4v) is 2.42. The lowest BCUT2D eigenvalue weighted by atomic mass is 10.1. The van der Waals surface area contributed by atoms with Crippen LogP contribution in [0.1, 0.15) is 16.1 Å². The lowest BCUT2D eigenvalue weighted by Gasteiger charge is -2.17. The number of anilines is 1. The molecule has 3 N–H and O–H groups in total. The van der Waals surface area contributed by atoms with Crippen LogP contribution in [-0.2, 0) is 11.2 Å². The fourth-order valence-electron chi connectivity index (χ4n) is 2.25. The number of carbonyl (C=O) groups is 2. The molecular weight excluding hydrogens is 427 g/mol. The molecule has 0 aliphatic heterocycles. The number of carbonyl (C=O) groups excluding carboxylic acids is 2. The Morgan fingerprint density at radius 1 is 1.29 bits per heavy atom. The van der Waals surface area contributed by atoms with Crippen molar-refractivity contribution in [3.05, 3.63) is 52.8 Å². The normalized spacial score (nSPS) is 9.54. The number of nitrogens with one attached hydrogen (secondary N) is 1. The zero-order valence-electron chi connectivity index (χ0n) is 15.5. The third-order valence-corrected chi connectivity index (χ3v) is 4.15. The molecule has 2 aromatic rings. The van der Waals surface area contributed by atoms with Gasteiger partial charge in [-0.05, 0) is 18.2 Å². The van der Waals surface area contributed by atoms with Gasteiger partial charge in [0.25, 0.3) is 5.91 Å². The number of ether oxygens (including phenoxy) is 1. The second kappa shape index (κ2) is 12.3. The number of methoxy groups -OCH3 is 1. The number of aromatic nitrogens is 1. The third kappa shape index (κ3) is 7.07. The van der Waals surface area contributed by atoms with Gasteiger partial charge in [-0.15, -0.1) is 24.8 Å². The van der Waals surface area contributed by atoms with E-state index in [-0.39, 0.29) is 47.9 Å². The maximum Gasteiger partial charge on any atom is 0.255 e. The summed E-state index contributed by atoms with van der Waals surface area (Å²) in [5, 5.41) is 2.82. The molecule has 154 valence electrons. The molecule has 0 aliphatic carbocycles. The van der Waals surface area contributed by atoms with Gasteiger partial charge in [-0.3, -0.25) is 14.6 Å². The van der Waals surface area contributed by atoms with Crippen LogP contribution in [0.15, 0.2) is 36.5 Å². The predicted octanol–water partition coefficient (Wildman–Crippen LogP) is 2.60. The molecule has 0 unspecified atom stereocenters. The smallest absolute Gasteiger partial charge is 0.255 e. The largest absolute Gasteiger partial charge is 0.496 e. The highest BCUT2D eigenvalue weighted by Gasteiger charge is 2.17. The number of benzene rings is 1. The minimum absolute atomic E-state index is 0. The Kier molecular flexibility index (Phi) is 11.3. The van der Waals surface area contributed by atoms with E-state index in [1.165, 1.54) is 19.2 Å². The first-order chi connectivity index (χ1) is 12.4. The topological polar surface area (TPSA) is 97.5 Å². The van der Waals surface area contributed by atoms with E-state index in [9.17, 15) is 9.59 Å². The van der Waals surface area contributed by atoms with E-state index < -0.39 is 5.91 Å². The summed E-state index contributed by atoms with van der Waals surface area (Å²) in [4.78, 5) is 30.3. The first-order valence-corrected chi connectivity index (χ1v) is 8.35. The lowest BCUT2D eigenvalue weighted by Crippen LogP contribution is -2.39. The molecule has 0 spiro atoms. The van der Waals surface area contributed by atoms with Crippen LogP contribution in [0, 0.1) is 0 Å². The third-order valence-electron chi connectivity index (χ3n) is 3.82. The van der Waals surface area contributed by atoms with Crippen LogP contribution in [0.25, 0.3) is 0 Å². The maximum atomic E-state index is 12.3. The van der Waals surface area contributed by atoms with Crippen LogP contribution < -0.4 is 15.8 Å². The van der Waals surface area contributed by atoms with Crippen LogP contribution in [0.4, 0.5) is 5.69 Å². The van der Waals surface area contributed by atoms with E-state index in [0.29, 0.717) is 24.4 Å². The number of nitrogen functional groups attached to an aromatic ring is 1. The molecule has 1 aromatic heterocycles. The SMILES string of the molecule is COc1cc(N)c(Cl)cc1C(=O)NCC(=O)N(C)CCc1ccccn1.Cl.Cl. The molecular formula is C18H23Cl3N4O3. The summed E-state index contributed by atoms with van der Waals surface area (Å²) in [6.45, 7) is 0.367. The molecule has 2 rings (SSSR count). The number of nitrogens with zero attached hydrogens (tertiary/aromatic N) is 2. The first-order valence-electron chi connectivity index (χ1n) is 7.97. The number of rotatable bonds is 7. The summed E-state index contributed by atoms with van der Waals surface area (Å²) in [5.41, 5.74) is 7.13. The molecule has 0 saturated heterocycles. The quantitative estimate of drug-likeness (QED) is 0.633. The summed E-state index contributed by atoms with van der Waals surface area (Å²) in [6, 6.07) is 8.52. The number of halogens is 3. The predicted molar refractivity (Wildman–Crippen MR) is 115 cm³/mol. The van der Waals surface area contributed by atoms with Gasteiger partial charge in [-0.25, -0.2) is 0 Å². The van der Waals surface area contributed by atoms with Gasteiger partial charge in [0, 0.05) is 38.0 Å². The summed E-state index contributed by atoms with van der Waals surface area (Å²) in [7, 11) is 3.11. The molecule has 0 fully saturated rings. The number of hydrogen-bond acceptors (Lipinski definition) is 5. The number of hydrogen-bond donors (Lipinski definition) is 2. The maximum absolute atomic E-state index is 12.3. The standard InChI is InChI=1S/C18H21ClN4O3.2ClH/c1-23(8-6-12-5-3-4-7-21-12)17(24)11-22-18(25)13-9-14(19)15(20)10-16(13)26-2;;/h3-5,7,9-10H,6,8,11,20H2,1-2H3,(H,22,25);2*1H. The van der Waals surface area contributed by atoms with E-state index >= 15 is 0 Å². The number of likely N-dealkylation sites (N-methyl/N-ethyl adjacent to an activating group) is 1. The number of pyridine rings is 1. The van der Waals surface area contributed by atoms with Crippen LogP contribution in [0.3, 0.4) is 0 Å². The molecule has 0 saturated carbocycles. The second-order valence-electron chi connectivity index (χ2n) is 5.64. The number of nitrogens with two attached hydrogens (primary N) is 1. The van der Waals surface area contributed by atoms with Crippen molar-refractivity contribution in [2.75, 3.05) is 33.0 Å². The monoisotopic (exact) mass is 448 g/mol. The average Bonchev–Trinajstić information content (AvgIpc) is 2.66. The van der Waals surface area contributed by atoms with Crippen molar-refractivity contribution < 1.29 is 14.3 Å². The van der Waals surface area contributed by atoms with Crippen LogP contribution >= 0.6 is 36.4 Å². The minimum Gasteiger partial charge on any atom is -0.496 e. The number of amides is 2. The molecule has 0 atom stereocenters. The Labute approximate surface area is 181 Å². The zero-order chi connectivity index (χ0) is 19.1. The fraction of sp³-hybridized carbons (Fsp3) is 0.278. The summed E-state index contributed by atoms with van der Waals surface area (Å²) in [5.74, 6) is -0.384. The van der Waals surface area contributed by atoms with E-state index in [4.69, 9.17) is 22.1 Å². The second-order valence-corrected chi connectivity index (χ2v) is 6.05. The van der Waals surface area contributed by atoms with Gasteiger partial charge in [0.15, 0.2) is 0 Å². The Morgan fingerprint density at radius 3 is 2.61 bits per heavy atom. The molecule has 1 heterocycles. The molecule has 0 aliphatic rings. The minimum atomic E-state index is -0.463.